The van der Waals surface area contributed by atoms with Crippen molar-refractivity contribution in [2.75, 3.05) is 18.6 Å². The Morgan fingerprint density at radius 3 is 2.75 bits per heavy atom. The number of pyridine rings is 1. The lowest BCUT2D eigenvalue weighted by Gasteiger charge is -2.05. The van der Waals surface area contributed by atoms with E-state index in [-0.39, 0.29) is 0 Å². The number of unbranched alkanes of at least 4 members (excludes halogenated alkanes) is 3. The van der Waals surface area contributed by atoms with Crippen molar-refractivity contribution in [2.45, 2.75) is 32.2 Å². The Morgan fingerprint density at radius 2 is 1.85 bits per heavy atom. The summed E-state index contributed by atoms with van der Waals surface area (Å²) >= 11 is 1.94. The highest BCUT2D eigenvalue weighted by Gasteiger charge is 1.97. The molecule has 2 rings (SSSR count). The summed E-state index contributed by atoms with van der Waals surface area (Å²) in [5.74, 6) is 1.30. The van der Waals surface area contributed by atoms with Crippen LogP contribution in [0.4, 0.5) is 0 Å². The van der Waals surface area contributed by atoms with Gasteiger partial charge in [-0.2, -0.15) is 11.8 Å². The number of hydrogen-bond acceptors (Lipinski definition) is 3. The van der Waals surface area contributed by atoms with Gasteiger partial charge in [-0.05, 0) is 43.5 Å². The number of benzene rings is 1. The van der Waals surface area contributed by atoms with Crippen molar-refractivity contribution in [3.63, 3.8) is 0 Å². The van der Waals surface area contributed by atoms with Crippen LogP contribution in [-0.2, 0) is 6.54 Å². The van der Waals surface area contributed by atoms with Crippen LogP contribution in [0, 0.1) is 0 Å². The summed E-state index contributed by atoms with van der Waals surface area (Å²) in [6, 6.07) is 12.5. The van der Waals surface area contributed by atoms with E-state index in [4.69, 9.17) is 0 Å². The molecule has 108 valence electrons. The van der Waals surface area contributed by atoms with Gasteiger partial charge in [0.2, 0.25) is 0 Å². The molecule has 0 saturated heterocycles. The standard InChI is InChI=1S/C17H24N2S/c1-20-13-7-3-2-6-12-18-14-16-11-10-15-8-4-5-9-17(15)19-16/h4-5,8-11,18H,2-3,6-7,12-14H2,1H3. The van der Waals surface area contributed by atoms with E-state index in [9.17, 15) is 0 Å². The quantitative estimate of drug-likeness (QED) is 0.698. The van der Waals surface area contributed by atoms with E-state index in [2.05, 4.69) is 46.9 Å². The number of nitrogens with one attached hydrogen (secondary N) is 1. The van der Waals surface area contributed by atoms with Gasteiger partial charge >= 0.3 is 0 Å². The van der Waals surface area contributed by atoms with Gasteiger partial charge in [0.15, 0.2) is 0 Å². The van der Waals surface area contributed by atoms with Crippen molar-refractivity contribution in [1.29, 1.82) is 0 Å². The Kier molecular flexibility index (Phi) is 6.89. The van der Waals surface area contributed by atoms with Crippen molar-refractivity contribution in [2.24, 2.45) is 0 Å². The molecule has 0 radical (unpaired) electrons. The first-order chi connectivity index (χ1) is 9.90. The molecule has 0 aliphatic rings. The number of hydrogen-bond donors (Lipinski definition) is 1. The average Bonchev–Trinajstić information content (AvgIpc) is 2.50. The topological polar surface area (TPSA) is 24.9 Å². The summed E-state index contributed by atoms with van der Waals surface area (Å²) < 4.78 is 0. The Bertz CT molecular complexity index is 513. The Hall–Kier alpha value is -1.06. The minimum Gasteiger partial charge on any atom is -0.311 e. The summed E-state index contributed by atoms with van der Waals surface area (Å²) in [6.07, 6.45) is 7.49. The fraction of sp³-hybridized carbons (Fsp3) is 0.471. The third-order valence-electron chi connectivity index (χ3n) is 3.41. The lowest BCUT2D eigenvalue weighted by atomic mass is 10.2. The Balaban J connectivity index is 1.65. The molecule has 0 saturated carbocycles. The van der Waals surface area contributed by atoms with E-state index in [0.29, 0.717) is 0 Å². The largest absolute Gasteiger partial charge is 0.311 e. The fourth-order valence-electron chi connectivity index (χ4n) is 2.27. The predicted molar refractivity (Wildman–Crippen MR) is 90.3 cm³/mol. The third-order valence-corrected chi connectivity index (χ3v) is 4.11. The van der Waals surface area contributed by atoms with E-state index in [0.717, 1.165) is 24.3 Å². The summed E-state index contributed by atoms with van der Waals surface area (Å²) in [5.41, 5.74) is 2.22. The molecule has 2 nitrogen and oxygen atoms in total. The van der Waals surface area contributed by atoms with Gasteiger partial charge in [0, 0.05) is 11.9 Å². The van der Waals surface area contributed by atoms with Crippen LogP contribution in [0.15, 0.2) is 36.4 Å². The highest BCUT2D eigenvalue weighted by Crippen LogP contribution is 2.11. The van der Waals surface area contributed by atoms with E-state index in [1.807, 2.05) is 17.8 Å². The van der Waals surface area contributed by atoms with E-state index >= 15 is 0 Å². The smallest absolute Gasteiger partial charge is 0.0705 e. The number of fused-ring (bicyclic) bond motifs is 1. The average molecular weight is 288 g/mol. The highest BCUT2D eigenvalue weighted by molar-refractivity contribution is 7.98. The van der Waals surface area contributed by atoms with Gasteiger partial charge in [0.25, 0.3) is 0 Å². The normalized spacial score (nSPS) is 11.1. The molecule has 0 amide bonds. The molecule has 0 spiro atoms. The van der Waals surface area contributed by atoms with Crippen LogP contribution in [0.3, 0.4) is 0 Å². The molecule has 1 heterocycles. The van der Waals surface area contributed by atoms with Crippen LogP contribution >= 0.6 is 11.8 Å². The van der Waals surface area contributed by atoms with Gasteiger partial charge in [0.05, 0.1) is 11.2 Å². The van der Waals surface area contributed by atoms with E-state index in [1.54, 1.807) is 0 Å². The number of para-hydroxylation sites is 1. The molecule has 1 aromatic heterocycles. The summed E-state index contributed by atoms with van der Waals surface area (Å²) in [4.78, 5) is 4.67. The summed E-state index contributed by atoms with van der Waals surface area (Å²) in [6.45, 7) is 1.96. The van der Waals surface area contributed by atoms with Gasteiger partial charge in [-0.15, -0.1) is 0 Å². The summed E-state index contributed by atoms with van der Waals surface area (Å²) in [7, 11) is 0. The highest BCUT2D eigenvalue weighted by atomic mass is 32.2. The zero-order valence-corrected chi connectivity index (χ0v) is 13.1. The zero-order chi connectivity index (χ0) is 14.0. The molecule has 0 unspecified atom stereocenters. The number of aromatic nitrogens is 1. The molecule has 1 aromatic carbocycles. The lowest BCUT2D eigenvalue weighted by molar-refractivity contribution is 0.595. The number of rotatable bonds is 9. The number of thioether (sulfide) groups is 1. The first-order valence-electron chi connectivity index (χ1n) is 7.44. The van der Waals surface area contributed by atoms with Gasteiger partial charge in [-0.1, -0.05) is 37.1 Å². The maximum atomic E-state index is 4.67. The minimum absolute atomic E-state index is 0.871. The molecule has 2 aromatic rings. The second-order valence-corrected chi connectivity index (χ2v) is 6.06. The molecule has 1 N–H and O–H groups in total. The van der Waals surface area contributed by atoms with E-state index < -0.39 is 0 Å². The zero-order valence-electron chi connectivity index (χ0n) is 12.3. The minimum atomic E-state index is 0.871. The molecule has 0 aliphatic carbocycles. The third kappa shape index (κ3) is 5.14. The maximum Gasteiger partial charge on any atom is 0.0705 e. The van der Waals surface area contributed by atoms with E-state index in [1.165, 1.54) is 36.8 Å². The van der Waals surface area contributed by atoms with Crippen molar-refractivity contribution in [3.05, 3.63) is 42.1 Å². The molecule has 3 heteroatoms. The van der Waals surface area contributed by atoms with Crippen LogP contribution in [0.25, 0.3) is 10.9 Å². The van der Waals surface area contributed by atoms with Crippen LogP contribution in [0.2, 0.25) is 0 Å². The van der Waals surface area contributed by atoms with Crippen LogP contribution in [0.5, 0.6) is 0 Å². The molecule has 0 aliphatic heterocycles. The monoisotopic (exact) mass is 288 g/mol. The molecule has 0 fully saturated rings. The summed E-state index contributed by atoms with van der Waals surface area (Å²) in [5, 5.41) is 4.70. The van der Waals surface area contributed by atoms with Crippen LogP contribution < -0.4 is 5.32 Å². The number of nitrogens with zero attached hydrogens (tertiary/aromatic N) is 1. The Labute approximate surface area is 126 Å². The fourth-order valence-corrected chi connectivity index (χ4v) is 2.77. The van der Waals surface area contributed by atoms with Crippen molar-refractivity contribution in [1.82, 2.24) is 10.3 Å². The molecule has 20 heavy (non-hydrogen) atoms. The Morgan fingerprint density at radius 1 is 1.00 bits per heavy atom. The van der Waals surface area contributed by atoms with Crippen molar-refractivity contribution < 1.29 is 0 Å². The van der Waals surface area contributed by atoms with Crippen molar-refractivity contribution in [3.8, 4) is 0 Å². The first kappa shape index (κ1) is 15.3. The maximum absolute atomic E-state index is 4.67. The molecule has 0 bridgehead atoms. The van der Waals surface area contributed by atoms with Crippen LogP contribution in [0.1, 0.15) is 31.4 Å². The van der Waals surface area contributed by atoms with Gasteiger partial charge in [-0.3, -0.25) is 4.98 Å². The van der Waals surface area contributed by atoms with Gasteiger partial charge < -0.3 is 5.32 Å². The second-order valence-electron chi connectivity index (χ2n) is 5.08. The second kappa shape index (κ2) is 8.98. The van der Waals surface area contributed by atoms with Crippen LogP contribution in [-0.4, -0.2) is 23.5 Å². The predicted octanol–water partition coefficient (Wildman–Crippen LogP) is 4.25. The molecular weight excluding hydrogens is 264 g/mol. The molecular formula is C17H24N2S. The van der Waals surface area contributed by atoms with Gasteiger partial charge in [-0.25, -0.2) is 0 Å². The SMILES string of the molecule is CSCCCCCCNCc1ccc2ccccc2n1. The van der Waals surface area contributed by atoms with Gasteiger partial charge in [0.1, 0.15) is 0 Å². The first-order valence-corrected chi connectivity index (χ1v) is 8.84. The lowest BCUT2D eigenvalue weighted by Crippen LogP contribution is -2.15. The molecule has 0 atom stereocenters. The van der Waals surface area contributed by atoms with Crippen molar-refractivity contribution >= 4 is 22.7 Å².